The number of para-hydroxylation sites is 1. The summed E-state index contributed by atoms with van der Waals surface area (Å²) in [6.07, 6.45) is 0. The highest BCUT2D eigenvalue weighted by atomic mass is 32.2. The van der Waals surface area contributed by atoms with Crippen LogP contribution >= 0.6 is 11.8 Å². The molecule has 0 unspecified atom stereocenters. The van der Waals surface area contributed by atoms with Crippen LogP contribution in [0.15, 0.2) is 76.7 Å². The molecule has 0 aliphatic heterocycles. The van der Waals surface area contributed by atoms with Crippen LogP contribution in [-0.4, -0.2) is 35.7 Å². The van der Waals surface area contributed by atoms with E-state index in [1.807, 2.05) is 43.3 Å². The molecule has 1 N–H and O–H groups in total. The number of anilines is 1. The van der Waals surface area contributed by atoms with E-state index < -0.39 is 4.92 Å². The summed E-state index contributed by atoms with van der Waals surface area (Å²) in [7, 11) is 0. The SMILES string of the molecule is Cc1cccc(-n2c(=O)c3ccccc3n3c(SCC(=O)Nc4ccc(C)c([N+](=O)[O-])c4)nnc23)c1. The van der Waals surface area contributed by atoms with Gasteiger partial charge in [0.05, 0.1) is 27.3 Å². The normalized spacial score (nSPS) is 11.2. The van der Waals surface area contributed by atoms with E-state index in [9.17, 15) is 19.7 Å². The van der Waals surface area contributed by atoms with Crippen molar-refractivity contribution in [2.75, 3.05) is 11.1 Å². The van der Waals surface area contributed by atoms with E-state index in [1.165, 1.54) is 10.6 Å². The number of nitro groups is 1. The lowest BCUT2D eigenvalue weighted by atomic mass is 10.2. The molecule has 2 heterocycles. The number of hydrogen-bond donors (Lipinski definition) is 1. The highest BCUT2D eigenvalue weighted by Gasteiger charge is 2.19. The fourth-order valence-electron chi connectivity index (χ4n) is 3.98. The maximum absolute atomic E-state index is 13.4. The minimum absolute atomic E-state index is 0.0135. The van der Waals surface area contributed by atoms with E-state index in [4.69, 9.17) is 0 Å². The molecule has 180 valence electrons. The number of nitrogens with one attached hydrogen (secondary N) is 1. The predicted molar refractivity (Wildman–Crippen MR) is 138 cm³/mol. The molecule has 1 amide bonds. The van der Waals surface area contributed by atoms with Crippen molar-refractivity contribution in [2.24, 2.45) is 0 Å². The Morgan fingerprint density at radius 1 is 1.06 bits per heavy atom. The molecule has 0 aliphatic rings. The van der Waals surface area contributed by atoms with Crippen LogP contribution in [0.3, 0.4) is 0 Å². The molecular formula is C25H20N6O4S. The van der Waals surface area contributed by atoms with Gasteiger partial charge in [-0.3, -0.25) is 24.1 Å². The van der Waals surface area contributed by atoms with Crippen LogP contribution in [0.4, 0.5) is 11.4 Å². The van der Waals surface area contributed by atoms with Crippen LogP contribution in [-0.2, 0) is 4.79 Å². The second-order valence-corrected chi connectivity index (χ2v) is 9.15. The summed E-state index contributed by atoms with van der Waals surface area (Å²) in [5.74, 6) is -0.0343. The smallest absolute Gasteiger partial charge is 0.274 e. The molecule has 0 atom stereocenters. The second-order valence-electron chi connectivity index (χ2n) is 8.21. The number of hydrogen-bond acceptors (Lipinski definition) is 7. The fourth-order valence-corrected chi connectivity index (χ4v) is 4.72. The third-order valence-electron chi connectivity index (χ3n) is 5.68. The van der Waals surface area contributed by atoms with Crippen LogP contribution in [0, 0.1) is 24.0 Å². The molecule has 2 aromatic heterocycles. The molecule has 5 aromatic rings. The van der Waals surface area contributed by atoms with Crippen molar-refractivity contribution in [1.29, 1.82) is 0 Å². The van der Waals surface area contributed by atoms with E-state index in [1.54, 1.807) is 35.6 Å². The molecule has 0 saturated heterocycles. The summed E-state index contributed by atoms with van der Waals surface area (Å²) in [5, 5.41) is 23.4. The van der Waals surface area contributed by atoms with Gasteiger partial charge in [0.2, 0.25) is 11.7 Å². The number of thioether (sulfide) groups is 1. The molecule has 10 nitrogen and oxygen atoms in total. The van der Waals surface area contributed by atoms with Gasteiger partial charge in [0.15, 0.2) is 5.16 Å². The molecular weight excluding hydrogens is 480 g/mol. The van der Waals surface area contributed by atoms with Crippen molar-refractivity contribution in [1.82, 2.24) is 19.2 Å². The quantitative estimate of drug-likeness (QED) is 0.209. The minimum Gasteiger partial charge on any atom is -0.325 e. The van der Waals surface area contributed by atoms with Crippen LogP contribution in [0.2, 0.25) is 0 Å². The van der Waals surface area contributed by atoms with E-state index in [0.29, 0.717) is 38.8 Å². The highest BCUT2D eigenvalue weighted by Crippen LogP contribution is 2.25. The third kappa shape index (κ3) is 4.20. The Morgan fingerprint density at radius 3 is 2.64 bits per heavy atom. The van der Waals surface area contributed by atoms with Crippen molar-refractivity contribution in [3.8, 4) is 5.69 Å². The van der Waals surface area contributed by atoms with Gasteiger partial charge in [-0.05, 0) is 49.7 Å². The lowest BCUT2D eigenvalue weighted by Gasteiger charge is -2.12. The van der Waals surface area contributed by atoms with E-state index in [0.717, 1.165) is 17.3 Å². The first kappa shape index (κ1) is 23.2. The first-order chi connectivity index (χ1) is 17.3. The number of aromatic nitrogens is 4. The molecule has 5 rings (SSSR count). The number of carbonyl (C=O) groups is 1. The Labute approximate surface area is 208 Å². The monoisotopic (exact) mass is 500 g/mol. The van der Waals surface area contributed by atoms with Crippen LogP contribution in [0.1, 0.15) is 11.1 Å². The Bertz CT molecular complexity index is 1730. The number of benzene rings is 3. The molecule has 0 radical (unpaired) electrons. The van der Waals surface area contributed by atoms with Crippen LogP contribution in [0.5, 0.6) is 0 Å². The van der Waals surface area contributed by atoms with Crippen molar-refractivity contribution in [2.45, 2.75) is 19.0 Å². The van der Waals surface area contributed by atoms with Crippen molar-refractivity contribution in [3.05, 3.63) is 98.3 Å². The molecule has 0 aliphatic carbocycles. The van der Waals surface area contributed by atoms with Gasteiger partial charge >= 0.3 is 0 Å². The van der Waals surface area contributed by atoms with Crippen LogP contribution < -0.4 is 10.9 Å². The molecule has 0 saturated carbocycles. The molecule has 0 fully saturated rings. The molecule has 0 spiro atoms. The van der Waals surface area contributed by atoms with E-state index in [-0.39, 0.29) is 22.9 Å². The zero-order chi connectivity index (χ0) is 25.4. The Hall–Kier alpha value is -4.51. The summed E-state index contributed by atoms with van der Waals surface area (Å²) in [4.78, 5) is 36.7. The largest absolute Gasteiger partial charge is 0.325 e. The molecule has 3 aromatic carbocycles. The van der Waals surface area contributed by atoms with E-state index >= 15 is 0 Å². The maximum atomic E-state index is 13.4. The Balaban J connectivity index is 1.50. The summed E-state index contributed by atoms with van der Waals surface area (Å²) in [6, 6.07) is 19.2. The van der Waals surface area contributed by atoms with Gasteiger partial charge < -0.3 is 5.32 Å². The van der Waals surface area contributed by atoms with Gasteiger partial charge in [0.25, 0.3) is 11.2 Å². The summed E-state index contributed by atoms with van der Waals surface area (Å²) >= 11 is 1.15. The van der Waals surface area contributed by atoms with Gasteiger partial charge in [-0.2, -0.15) is 0 Å². The van der Waals surface area contributed by atoms with Crippen molar-refractivity contribution in [3.63, 3.8) is 0 Å². The number of amides is 1. The number of aryl methyl sites for hydroxylation is 2. The average molecular weight is 501 g/mol. The minimum atomic E-state index is -0.485. The topological polar surface area (TPSA) is 124 Å². The first-order valence-electron chi connectivity index (χ1n) is 11.0. The predicted octanol–water partition coefficient (Wildman–Crippen LogP) is 4.29. The zero-order valence-electron chi connectivity index (χ0n) is 19.3. The number of carbonyl (C=O) groups excluding carboxylic acids is 1. The van der Waals surface area contributed by atoms with Gasteiger partial charge in [0, 0.05) is 17.3 Å². The zero-order valence-corrected chi connectivity index (χ0v) is 20.2. The summed E-state index contributed by atoms with van der Waals surface area (Å²) in [5.41, 5.74) is 2.85. The first-order valence-corrected chi connectivity index (χ1v) is 12.0. The third-order valence-corrected chi connectivity index (χ3v) is 6.61. The van der Waals surface area contributed by atoms with Crippen molar-refractivity contribution >= 4 is 45.7 Å². The number of nitrogens with zero attached hydrogens (tertiary/aromatic N) is 5. The van der Waals surface area contributed by atoms with Crippen LogP contribution in [0.25, 0.3) is 22.4 Å². The lowest BCUT2D eigenvalue weighted by molar-refractivity contribution is -0.385. The lowest BCUT2D eigenvalue weighted by Crippen LogP contribution is -2.22. The standard InChI is InChI=1S/C25H20N6O4S/c1-15-6-5-7-18(12-15)29-23(33)19-8-3-4-9-20(19)30-24(29)27-28-25(30)36-14-22(32)26-17-11-10-16(2)21(13-17)31(34)35/h3-13H,14H2,1-2H3,(H,26,32). The van der Waals surface area contributed by atoms with Gasteiger partial charge in [-0.25, -0.2) is 4.57 Å². The molecule has 36 heavy (non-hydrogen) atoms. The average Bonchev–Trinajstić information content (AvgIpc) is 3.28. The van der Waals surface area contributed by atoms with Gasteiger partial charge in [0.1, 0.15) is 0 Å². The summed E-state index contributed by atoms with van der Waals surface area (Å²) < 4.78 is 3.27. The van der Waals surface area contributed by atoms with Gasteiger partial charge in [-0.1, -0.05) is 42.1 Å². The van der Waals surface area contributed by atoms with E-state index in [2.05, 4.69) is 15.5 Å². The molecule has 0 bridgehead atoms. The summed E-state index contributed by atoms with van der Waals surface area (Å²) in [6.45, 7) is 3.58. The number of rotatable bonds is 6. The maximum Gasteiger partial charge on any atom is 0.274 e. The van der Waals surface area contributed by atoms with Crippen molar-refractivity contribution < 1.29 is 9.72 Å². The van der Waals surface area contributed by atoms with Gasteiger partial charge in [-0.15, -0.1) is 10.2 Å². The Morgan fingerprint density at radius 2 is 1.86 bits per heavy atom. The molecule has 11 heteroatoms. The number of fused-ring (bicyclic) bond motifs is 3. The Kier molecular flexibility index (Phi) is 5.98. The fraction of sp³-hybridized carbons (Fsp3) is 0.120. The second kappa shape index (κ2) is 9.27. The highest BCUT2D eigenvalue weighted by molar-refractivity contribution is 7.99. The number of nitro benzene ring substituents is 1.